The van der Waals surface area contributed by atoms with E-state index in [0.717, 1.165) is 24.1 Å². The van der Waals surface area contributed by atoms with Gasteiger partial charge in [-0.15, -0.1) is 0 Å². The van der Waals surface area contributed by atoms with Gasteiger partial charge in [0.05, 0.1) is 17.8 Å². The maximum absolute atomic E-state index is 12.5. The number of sulfone groups is 1. The molecule has 0 aromatic heterocycles. The molecular formula is C16H15N3O8S. The van der Waals surface area contributed by atoms with Crippen molar-refractivity contribution in [1.29, 1.82) is 0 Å². The molecule has 0 radical (unpaired) electrons. The fourth-order valence-electron chi connectivity index (χ4n) is 3.19. The molecule has 0 bridgehead atoms. The largest absolute Gasteiger partial charge is 0.464 e. The second kappa shape index (κ2) is 6.71. The number of amides is 2. The Morgan fingerprint density at radius 3 is 2.43 bits per heavy atom. The molecule has 11 nitrogen and oxygen atoms in total. The minimum atomic E-state index is -3.84. The second-order valence-electron chi connectivity index (χ2n) is 6.28. The van der Waals surface area contributed by atoms with Crippen molar-refractivity contribution in [1.82, 2.24) is 10.2 Å². The summed E-state index contributed by atoms with van der Waals surface area (Å²) < 4.78 is 29.6. The van der Waals surface area contributed by atoms with Crippen LogP contribution in [0.3, 0.4) is 0 Å². The number of benzene rings is 1. The van der Waals surface area contributed by atoms with Gasteiger partial charge >= 0.3 is 5.97 Å². The Kier molecular flexibility index (Phi) is 4.67. The standard InChI is InChI=1S/C16H15N3O8S/c1-8-7-28(25,26)15-11(14(21)18(15)12(8)16(22)27-2)17-13(20)9-3-5-10(6-4-9)19(23)24/h3-6,11,15H,7H2,1-2H3,(H,17,20)/t11-,15-/m1/s1. The molecule has 2 heterocycles. The van der Waals surface area contributed by atoms with Crippen LogP contribution in [0.15, 0.2) is 35.5 Å². The predicted octanol–water partition coefficient (Wildman–Crippen LogP) is -0.263. The van der Waals surface area contributed by atoms with E-state index < -0.39 is 49.7 Å². The fraction of sp³-hybridized carbons (Fsp3) is 0.312. The number of nitrogens with one attached hydrogen (secondary N) is 1. The first-order valence-electron chi connectivity index (χ1n) is 7.96. The molecule has 0 unspecified atom stereocenters. The van der Waals surface area contributed by atoms with E-state index in [1.54, 1.807) is 0 Å². The van der Waals surface area contributed by atoms with Gasteiger partial charge in [-0.2, -0.15) is 0 Å². The second-order valence-corrected chi connectivity index (χ2v) is 8.38. The summed E-state index contributed by atoms with van der Waals surface area (Å²) in [7, 11) is -2.73. The highest BCUT2D eigenvalue weighted by molar-refractivity contribution is 7.92. The zero-order valence-corrected chi connectivity index (χ0v) is 15.6. The summed E-state index contributed by atoms with van der Waals surface area (Å²) in [5, 5.41) is 11.6. The average Bonchev–Trinajstić information content (AvgIpc) is 2.64. The van der Waals surface area contributed by atoms with E-state index in [9.17, 15) is 32.9 Å². The molecule has 1 saturated heterocycles. The molecule has 1 aromatic carbocycles. The lowest BCUT2D eigenvalue weighted by Gasteiger charge is -2.49. The number of hydrogen-bond donors (Lipinski definition) is 1. The van der Waals surface area contributed by atoms with E-state index >= 15 is 0 Å². The molecule has 1 fully saturated rings. The van der Waals surface area contributed by atoms with Crippen molar-refractivity contribution in [2.75, 3.05) is 12.9 Å². The average molecular weight is 409 g/mol. The smallest absolute Gasteiger partial charge is 0.354 e. The lowest BCUT2D eigenvalue weighted by Crippen LogP contribution is -2.74. The van der Waals surface area contributed by atoms with Crippen molar-refractivity contribution in [2.45, 2.75) is 18.3 Å². The van der Waals surface area contributed by atoms with E-state index in [-0.39, 0.29) is 22.5 Å². The molecule has 2 atom stereocenters. The van der Waals surface area contributed by atoms with E-state index in [1.807, 2.05) is 0 Å². The molecule has 0 spiro atoms. The van der Waals surface area contributed by atoms with Crippen molar-refractivity contribution in [2.24, 2.45) is 0 Å². The Morgan fingerprint density at radius 2 is 1.89 bits per heavy atom. The molecule has 148 valence electrons. The van der Waals surface area contributed by atoms with Crippen LogP contribution in [0.4, 0.5) is 5.69 Å². The number of fused-ring (bicyclic) bond motifs is 1. The Morgan fingerprint density at radius 1 is 1.29 bits per heavy atom. The van der Waals surface area contributed by atoms with E-state index in [2.05, 4.69) is 10.1 Å². The van der Waals surface area contributed by atoms with Gasteiger partial charge in [0.25, 0.3) is 17.5 Å². The molecule has 2 aliphatic heterocycles. The van der Waals surface area contributed by atoms with Crippen LogP contribution in [-0.2, 0) is 24.2 Å². The summed E-state index contributed by atoms with van der Waals surface area (Å²) in [4.78, 5) is 47.6. The normalized spacial score (nSPS) is 22.8. The maximum atomic E-state index is 12.5. The number of non-ortho nitro benzene ring substituents is 1. The van der Waals surface area contributed by atoms with Crippen LogP contribution in [0.2, 0.25) is 0 Å². The van der Waals surface area contributed by atoms with Crippen LogP contribution in [0.5, 0.6) is 0 Å². The fourth-order valence-corrected chi connectivity index (χ4v) is 5.23. The molecule has 0 saturated carbocycles. The number of hydrogen-bond acceptors (Lipinski definition) is 8. The molecule has 2 amide bonds. The van der Waals surface area contributed by atoms with Crippen molar-refractivity contribution in [3.63, 3.8) is 0 Å². The number of β-lactam (4-membered cyclic amide) rings is 1. The molecule has 0 aliphatic carbocycles. The zero-order chi connectivity index (χ0) is 20.8. The summed E-state index contributed by atoms with van der Waals surface area (Å²) in [6.45, 7) is 1.41. The highest BCUT2D eigenvalue weighted by Gasteiger charge is 2.60. The molecule has 2 aliphatic rings. The predicted molar refractivity (Wildman–Crippen MR) is 93.5 cm³/mol. The summed E-state index contributed by atoms with van der Waals surface area (Å²) in [6.07, 6.45) is 0. The van der Waals surface area contributed by atoms with E-state index in [1.165, 1.54) is 19.1 Å². The van der Waals surface area contributed by atoms with Crippen molar-refractivity contribution in [3.05, 3.63) is 51.2 Å². The van der Waals surface area contributed by atoms with Crippen molar-refractivity contribution < 1.29 is 32.5 Å². The summed E-state index contributed by atoms with van der Waals surface area (Å²) in [5.74, 6) is -2.82. The number of ether oxygens (including phenoxy) is 1. The summed E-state index contributed by atoms with van der Waals surface area (Å²) in [5.41, 5.74) is -0.171. The summed E-state index contributed by atoms with van der Waals surface area (Å²) >= 11 is 0. The number of nitrogens with zero attached hydrogens (tertiary/aromatic N) is 2. The third-order valence-electron chi connectivity index (χ3n) is 4.48. The topological polar surface area (TPSA) is 153 Å². The van der Waals surface area contributed by atoms with Crippen LogP contribution >= 0.6 is 0 Å². The minimum Gasteiger partial charge on any atom is -0.464 e. The van der Waals surface area contributed by atoms with Crippen LogP contribution in [0.25, 0.3) is 0 Å². The number of carbonyl (C=O) groups is 3. The number of nitro groups is 1. The van der Waals surface area contributed by atoms with Gasteiger partial charge in [-0.05, 0) is 24.6 Å². The van der Waals surface area contributed by atoms with E-state index in [4.69, 9.17) is 0 Å². The molecule has 3 rings (SSSR count). The van der Waals surface area contributed by atoms with Crippen LogP contribution < -0.4 is 5.32 Å². The van der Waals surface area contributed by atoms with Gasteiger partial charge in [0, 0.05) is 17.7 Å². The number of rotatable bonds is 4. The molecule has 1 N–H and O–H groups in total. The van der Waals surface area contributed by atoms with Gasteiger partial charge in [0.2, 0.25) is 0 Å². The van der Waals surface area contributed by atoms with Crippen LogP contribution in [0.1, 0.15) is 17.3 Å². The number of carbonyl (C=O) groups excluding carboxylic acids is 3. The number of nitro benzene ring substituents is 1. The maximum Gasteiger partial charge on any atom is 0.354 e. The van der Waals surface area contributed by atoms with Crippen molar-refractivity contribution in [3.8, 4) is 0 Å². The van der Waals surface area contributed by atoms with Crippen LogP contribution in [0, 0.1) is 10.1 Å². The quantitative estimate of drug-likeness (QED) is 0.309. The first kappa shape index (κ1) is 19.5. The van der Waals surface area contributed by atoms with Crippen LogP contribution in [-0.4, -0.2) is 60.3 Å². The molecular weight excluding hydrogens is 394 g/mol. The SMILES string of the molecule is COC(=O)C1=C(C)CS(=O)(=O)[C@@H]2[C@H](NC(=O)c3ccc([N+](=O)[O-])cc3)C(=O)N12. The third-order valence-corrected chi connectivity index (χ3v) is 6.53. The van der Waals surface area contributed by atoms with Gasteiger partial charge in [-0.3, -0.25) is 24.6 Å². The van der Waals surface area contributed by atoms with Crippen molar-refractivity contribution >= 4 is 33.3 Å². The number of methoxy groups -OCH3 is 1. The van der Waals surface area contributed by atoms with Gasteiger partial charge < -0.3 is 10.1 Å². The zero-order valence-electron chi connectivity index (χ0n) is 14.7. The minimum absolute atomic E-state index is 0.0185. The first-order chi connectivity index (χ1) is 13.1. The lowest BCUT2D eigenvalue weighted by molar-refractivity contribution is -0.384. The van der Waals surface area contributed by atoms with Gasteiger partial charge in [-0.1, -0.05) is 0 Å². The van der Waals surface area contributed by atoms with E-state index in [0.29, 0.717) is 0 Å². The number of esters is 1. The first-order valence-corrected chi connectivity index (χ1v) is 9.68. The molecule has 12 heteroatoms. The lowest BCUT2D eigenvalue weighted by atomic mass is 10.0. The Balaban J connectivity index is 1.85. The van der Waals surface area contributed by atoms with Gasteiger partial charge in [0.1, 0.15) is 11.7 Å². The van der Waals surface area contributed by atoms with Gasteiger partial charge in [0.15, 0.2) is 15.2 Å². The Bertz CT molecular complexity index is 1030. The monoisotopic (exact) mass is 409 g/mol. The Labute approximate surface area is 159 Å². The highest BCUT2D eigenvalue weighted by Crippen LogP contribution is 2.37. The van der Waals surface area contributed by atoms with Gasteiger partial charge in [-0.25, -0.2) is 13.2 Å². The molecule has 1 aromatic rings. The third kappa shape index (κ3) is 3.01. The summed E-state index contributed by atoms with van der Waals surface area (Å²) in [6, 6.07) is 3.23. The molecule has 28 heavy (non-hydrogen) atoms. The highest BCUT2D eigenvalue weighted by atomic mass is 32.2. The Hall–Kier alpha value is -3.28.